The summed E-state index contributed by atoms with van der Waals surface area (Å²) in [7, 11) is -3.92. The molecule has 0 fully saturated rings. The van der Waals surface area contributed by atoms with Crippen LogP contribution >= 0.6 is 0 Å². The lowest BCUT2D eigenvalue weighted by molar-refractivity contribution is 0.474. The van der Waals surface area contributed by atoms with Crippen LogP contribution < -0.4 is 0 Å². The third-order valence-corrected chi connectivity index (χ3v) is 6.22. The van der Waals surface area contributed by atoms with Crippen LogP contribution in [0.25, 0.3) is 0 Å². The summed E-state index contributed by atoms with van der Waals surface area (Å²) in [5, 5.41) is 10.00. The Bertz CT molecular complexity index is 958. The highest BCUT2D eigenvalue weighted by atomic mass is 32.2. The molecule has 0 radical (unpaired) electrons. The highest BCUT2D eigenvalue weighted by Crippen LogP contribution is 2.36. The predicted molar refractivity (Wildman–Crippen MR) is 116 cm³/mol. The monoisotopic (exact) mass is 401 g/mol. The summed E-state index contributed by atoms with van der Waals surface area (Å²) in [6.45, 7) is 14.1. The Balaban J connectivity index is 2.69. The van der Waals surface area contributed by atoms with Crippen molar-refractivity contribution >= 4 is 16.2 Å². The van der Waals surface area contributed by atoms with Gasteiger partial charge in [-0.05, 0) is 53.5 Å². The van der Waals surface area contributed by atoms with Gasteiger partial charge < -0.3 is 5.11 Å². The number of aryl methyl sites for hydroxylation is 1. The molecule has 0 amide bonds. The molecule has 0 atom stereocenters. The van der Waals surface area contributed by atoms with Crippen LogP contribution in [0, 0.1) is 6.92 Å². The highest BCUT2D eigenvalue weighted by molar-refractivity contribution is 7.90. The number of phenolic OH excluding ortho intramolecular Hbond substituents is 1. The minimum atomic E-state index is -3.92. The number of benzene rings is 2. The van der Waals surface area contributed by atoms with E-state index in [2.05, 4.69) is 18.2 Å². The smallest absolute Gasteiger partial charge is 0.282 e. The Labute approximate surface area is 169 Å². The third-order valence-electron chi connectivity index (χ3n) is 4.85. The largest absolute Gasteiger partial charge is 0.507 e. The summed E-state index contributed by atoms with van der Waals surface area (Å²) >= 11 is 0. The van der Waals surface area contributed by atoms with Gasteiger partial charge in [0, 0.05) is 5.56 Å². The van der Waals surface area contributed by atoms with E-state index in [0.717, 1.165) is 22.3 Å². The second kappa shape index (κ2) is 8.48. The lowest BCUT2D eigenvalue weighted by Crippen LogP contribution is -2.11. The zero-order valence-corrected chi connectivity index (χ0v) is 18.6. The van der Waals surface area contributed by atoms with Crippen molar-refractivity contribution in [1.82, 2.24) is 0 Å². The molecule has 1 N–H and O–H groups in total. The molecule has 0 aliphatic heterocycles. The average molecular weight is 402 g/mol. The molecule has 0 unspecified atom stereocenters. The van der Waals surface area contributed by atoms with Gasteiger partial charge in [-0.25, -0.2) is 0 Å². The lowest BCUT2D eigenvalue weighted by atomic mass is 9.89. The SMILES string of the molecule is Cc1ccc(O)c(/C=N\S(=O)(=O)c2c(C(C)C)cc(C(C)C)cc2C(C)C)c1. The van der Waals surface area contributed by atoms with Crippen LogP contribution in [0.5, 0.6) is 5.75 Å². The van der Waals surface area contributed by atoms with Crippen molar-refractivity contribution in [2.75, 3.05) is 0 Å². The first kappa shape index (κ1) is 22.2. The summed E-state index contributed by atoms with van der Waals surface area (Å²) in [4.78, 5) is 0.297. The van der Waals surface area contributed by atoms with Gasteiger partial charge in [0.2, 0.25) is 0 Å². The molecule has 2 rings (SSSR count). The molecule has 28 heavy (non-hydrogen) atoms. The summed E-state index contributed by atoms with van der Waals surface area (Å²) in [6, 6.07) is 9.00. The molecular formula is C23H31NO3S. The van der Waals surface area contributed by atoms with E-state index in [9.17, 15) is 13.5 Å². The predicted octanol–water partition coefficient (Wildman–Crippen LogP) is 5.88. The van der Waals surface area contributed by atoms with Crippen molar-refractivity contribution in [3.8, 4) is 5.75 Å². The van der Waals surface area contributed by atoms with Crippen molar-refractivity contribution in [3.63, 3.8) is 0 Å². The molecule has 0 aliphatic carbocycles. The van der Waals surface area contributed by atoms with Gasteiger partial charge >= 0.3 is 0 Å². The van der Waals surface area contributed by atoms with Crippen molar-refractivity contribution in [1.29, 1.82) is 0 Å². The van der Waals surface area contributed by atoms with Crippen molar-refractivity contribution < 1.29 is 13.5 Å². The second-order valence-electron chi connectivity index (χ2n) is 8.26. The van der Waals surface area contributed by atoms with E-state index in [0.29, 0.717) is 16.4 Å². The molecule has 0 saturated carbocycles. The second-order valence-corrected chi connectivity index (χ2v) is 9.83. The molecule has 152 valence electrons. The standard InChI is InChI=1S/C23H31NO3S/c1-14(2)18-11-20(15(3)4)23(21(12-18)16(5)6)28(26,27)24-13-19-10-17(7)8-9-22(19)25/h8-16,25H,1-7H3/b24-13-. The summed E-state index contributed by atoms with van der Waals surface area (Å²) < 4.78 is 30.5. The number of nitrogens with zero attached hydrogens (tertiary/aromatic N) is 1. The Kier molecular flexibility index (Phi) is 6.71. The van der Waals surface area contributed by atoms with Crippen LogP contribution in [-0.4, -0.2) is 19.7 Å². The fourth-order valence-electron chi connectivity index (χ4n) is 3.14. The van der Waals surface area contributed by atoms with E-state index >= 15 is 0 Å². The Morgan fingerprint density at radius 1 is 0.893 bits per heavy atom. The molecule has 0 bridgehead atoms. The highest BCUT2D eigenvalue weighted by Gasteiger charge is 2.26. The Morgan fingerprint density at radius 3 is 1.89 bits per heavy atom. The molecule has 2 aromatic carbocycles. The molecule has 0 aliphatic rings. The van der Waals surface area contributed by atoms with E-state index in [1.807, 2.05) is 46.8 Å². The van der Waals surface area contributed by atoms with E-state index in [4.69, 9.17) is 0 Å². The van der Waals surface area contributed by atoms with Gasteiger partial charge in [-0.15, -0.1) is 0 Å². The molecular weight excluding hydrogens is 370 g/mol. The number of rotatable bonds is 6. The van der Waals surface area contributed by atoms with E-state index < -0.39 is 10.0 Å². The van der Waals surface area contributed by atoms with E-state index in [-0.39, 0.29) is 17.6 Å². The van der Waals surface area contributed by atoms with Gasteiger partial charge in [0.05, 0.1) is 11.1 Å². The van der Waals surface area contributed by atoms with Gasteiger partial charge in [0.15, 0.2) is 0 Å². The summed E-state index contributed by atoms with van der Waals surface area (Å²) in [6.07, 6.45) is 1.24. The molecule has 2 aromatic rings. The minimum absolute atomic E-state index is 0.00729. The van der Waals surface area contributed by atoms with Gasteiger partial charge in [-0.1, -0.05) is 65.3 Å². The van der Waals surface area contributed by atoms with Crippen molar-refractivity contribution in [2.24, 2.45) is 4.40 Å². The Hall–Kier alpha value is -2.14. The minimum Gasteiger partial charge on any atom is -0.507 e. The van der Waals surface area contributed by atoms with E-state index in [1.165, 1.54) is 6.21 Å². The van der Waals surface area contributed by atoms with Gasteiger partial charge in [-0.2, -0.15) is 12.8 Å². The zero-order valence-electron chi connectivity index (χ0n) is 17.8. The van der Waals surface area contributed by atoms with Crippen LogP contribution in [0.2, 0.25) is 0 Å². The maximum absolute atomic E-state index is 13.3. The lowest BCUT2D eigenvalue weighted by Gasteiger charge is -2.21. The van der Waals surface area contributed by atoms with Gasteiger partial charge in [0.25, 0.3) is 10.0 Å². The number of hydrogen-bond donors (Lipinski definition) is 1. The molecule has 0 aromatic heterocycles. The van der Waals surface area contributed by atoms with Crippen LogP contribution in [-0.2, 0) is 10.0 Å². The molecule has 0 saturated heterocycles. The summed E-state index contributed by atoms with van der Waals surface area (Å²) in [5.74, 6) is 0.402. The number of phenols is 1. The number of hydrogen-bond acceptors (Lipinski definition) is 3. The topological polar surface area (TPSA) is 66.7 Å². The van der Waals surface area contributed by atoms with Crippen LogP contribution in [0.1, 0.15) is 87.1 Å². The first-order chi connectivity index (χ1) is 12.9. The van der Waals surface area contributed by atoms with Crippen LogP contribution in [0.4, 0.5) is 0 Å². The van der Waals surface area contributed by atoms with Crippen molar-refractivity contribution in [3.05, 3.63) is 58.1 Å². The zero-order chi connectivity index (χ0) is 21.2. The Morgan fingerprint density at radius 2 is 1.43 bits per heavy atom. The average Bonchev–Trinajstić information content (AvgIpc) is 2.61. The van der Waals surface area contributed by atoms with Crippen molar-refractivity contribution in [2.45, 2.75) is 71.1 Å². The fraction of sp³-hybridized carbons (Fsp3) is 0.435. The van der Waals surface area contributed by atoms with Crippen LogP contribution in [0.3, 0.4) is 0 Å². The maximum atomic E-state index is 13.3. The number of sulfonamides is 1. The normalized spacial score (nSPS) is 12.6. The number of aromatic hydroxyl groups is 1. The summed E-state index contributed by atoms with van der Waals surface area (Å²) in [5.41, 5.74) is 4.02. The quantitative estimate of drug-likeness (QED) is 0.615. The first-order valence-electron chi connectivity index (χ1n) is 9.71. The third kappa shape index (κ3) is 4.82. The van der Waals surface area contributed by atoms with Gasteiger partial charge in [-0.3, -0.25) is 0 Å². The molecule has 0 heterocycles. The fourth-order valence-corrected chi connectivity index (χ4v) is 4.69. The molecule has 5 heteroatoms. The molecule has 0 spiro atoms. The maximum Gasteiger partial charge on any atom is 0.282 e. The first-order valence-corrected chi connectivity index (χ1v) is 11.2. The molecule has 4 nitrogen and oxygen atoms in total. The van der Waals surface area contributed by atoms with Crippen LogP contribution in [0.15, 0.2) is 39.6 Å². The van der Waals surface area contributed by atoms with E-state index in [1.54, 1.807) is 18.2 Å². The van der Waals surface area contributed by atoms with Gasteiger partial charge in [0.1, 0.15) is 5.75 Å².